The molecule has 0 saturated heterocycles. The number of rotatable bonds is 0. The summed E-state index contributed by atoms with van der Waals surface area (Å²) >= 11 is 2.27. The second-order valence-corrected chi connectivity index (χ2v) is 3.96. The van der Waals surface area contributed by atoms with Crippen molar-refractivity contribution in [2.24, 2.45) is 0 Å². The van der Waals surface area contributed by atoms with E-state index < -0.39 is 0 Å². The summed E-state index contributed by atoms with van der Waals surface area (Å²) in [5.41, 5.74) is 6.71. The fourth-order valence-electron chi connectivity index (χ4n) is 1.30. The van der Waals surface area contributed by atoms with Gasteiger partial charge in [0.25, 0.3) is 0 Å². The largest absolute Gasteiger partial charge is 0.398 e. The summed E-state index contributed by atoms with van der Waals surface area (Å²) in [4.78, 5) is 0. The Balaban J connectivity index is 2.89. The molecule has 0 atom stereocenters. The molecule has 0 heterocycles. The number of benzene rings is 2. The lowest BCUT2D eigenvalue weighted by molar-refractivity contribution is 1.68. The molecule has 0 fully saturated rings. The summed E-state index contributed by atoms with van der Waals surface area (Å²) in [6.45, 7) is 0. The maximum absolute atomic E-state index is 5.85. The van der Waals surface area contributed by atoms with Crippen LogP contribution in [0.4, 0.5) is 5.69 Å². The van der Waals surface area contributed by atoms with Crippen molar-refractivity contribution in [2.75, 3.05) is 5.73 Å². The van der Waals surface area contributed by atoms with Crippen LogP contribution in [0.5, 0.6) is 0 Å². The molecule has 0 spiro atoms. The average molecular weight is 269 g/mol. The second kappa shape index (κ2) is 2.94. The summed E-state index contributed by atoms with van der Waals surface area (Å²) in [5, 5.41) is 2.35. The van der Waals surface area contributed by atoms with E-state index in [-0.39, 0.29) is 0 Å². The SMILES string of the molecule is Nc1cc(I)cc2ccccc12. The zero-order chi connectivity index (χ0) is 8.55. The molecule has 2 aromatic carbocycles. The van der Waals surface area contributed by atoms with Crippen LogP contribution in [-0.4, -0.2) is 0 Å². The van der Waals surface area contributed by atoms with Crippen molar-refractivity contribution >= 4 is 39.1 Å². The number of nitrogen functional groups attached to an aromatic ring is 1. The first-order chi connectivity index (χ1) is 5.77. The van der Waals surface area contributed by atoms with Crippen LogP contribution < -0.4 is 5.73 Å². The Hall–Kier alpha value is -0.770. The molecule has 2 heteroatoms. The van der Waals surface area contributed by atoms with Crippen LogP contribution >= 0.6 is 22.6 Å². The molecule has 2 aromatic rings. The topological polar surface area (TPSA) is 26.0 Å². The first-order valence-electron chi connectivity index (χ1n) is 3.71. The van der Waals surface area contributed by atoms with Crippen molar-refractivity contribution in [2.45, 2.75) is 0 Å². The molecule has 0 aliphatic heterocycles. The molecular weight excluding hydrogens is 261 g/mol. The smallest absolute Gasteiger partial charge is 0.0404 e. The van der Waals surface area contributed by atoms with Crippen LogP contribution in [-0.2, 0) is 0 Å². The fraction of sp³-hybridized carbons (Fsp3) is 0. The number of halogens is 1. The monoisotopic (exact) mass is 269 g/mol. The van der Waals surface area contributed by atoms with Crippen molar-refractivity contribution < 1.29 is 0 Å². The third-order valence-corrected chi connectivity index (χ3v) is 2.48. The van der Waals surface area contributed by atoms with E-state index in [1.54, 1.807) is 0 Å². The zero-order valence-corrected chi connectivity index (χ0v) is 8.58. The molecule has 0 aliphatic rings. The second-order valence-electron chi connectivity index (χ2n) is 2.72. The lowest BCUT2D eigenvalue weighted by atomic mass is 10.1. The standard InChI is InChI=1S/C10H8IN/c11-8-5-7-3-1-2-4-9(7)10(12)6-8/h1-6H,12H2. The minimum atomic E-state index is 0.859. The van der Waals surface area contributed by atoms with Gasteiger partial charge in [0.2, 0.25) is 0 Å². The number of fused-ring (bicyclic) bond motifs is 1. The molecule has 0 aromatic heterocycles. The van der Waals surface area contributed by atoms with Gasteiger partial charge in [0, 0.05) is 14.6 Å². The Bertz CT molecular complexity index is 423. The van der Waals surface area contributed by atoms with Gasteiger partial charge in [-0.2, -0.15) is 0 Å². The van der Waals surface area contributed by atoms with Crippen LogP contribution in [0.2, 0.25) is 0 Å². The van der Waals surface area contributed by atoms with Crippen molar-refractivity contribution in [3.63, 3.8) is 0 Å². The highest BCUT2D eigenvalue weighted by Crippen LogP contribution is 2.23. The van der Waals surface area contributed by atoms with Crippen LogP contribution in [0.15, 0.2) is 36.4 Å². The Morgan fingerprint density at radius 1 is 1.08 bits per heavy atom. The van der Waals surface area contributed by atoms with Gasteiger partial charge in [0.1, 0.15) is 0 Å². The number of hydrogen-bond acceptors (Lipinski definition) is 1. The van der Waals surface area contributed by atoms with Crippen molar-refractivity contribution in [3.8, 4) is 0 Å². The molecule has 0 amide bonds. The first-order valence-corrected chi connectivity index (χ1v) is 4.79. The third kappa shape index (κ3) is 1.27. The van der Waals surface area contributed by atoms with E-state index in [4.69, 9.17) is 5.73 Å². The predicted octanol–water partition coefficient (Wildman–Crippen LogP) is 3.03. The Morgan fingerprint density at radius 2 is 1.83 bits per heavy atom. The Kier molecular flexibility index (Phi) is 1.92. The number of anilines is 1. The van der Waals surface area contributed by atoms with E-state index >= 15 is 0 Å². The summed E-state index contributed by atoms with van der Waals surface area (Å²) in [7, 11) is 0. The molecule has 2 N–H and O–H groups in total. The number of hydrogen-bond donors (Lipinski definition) is 1. The van der Waals surface area contributed by atoms with Crippen molar-refractivity contribution in [1.82, 2.24) is 0 Å². The van der Waals surface area contributed by atoms with E-state index in [0.29, 0.717) is 0 Å². The van der Waals surface area contributed by atoms with E-state index in [9.17, 15) is 0 Å². The van der Waals surface area contributed by atoms with Crippen LogP contribution in [0, 0.1) is 3.57 Å². The van der Waals surface area contributed by atoms with Gasteiger partial charge in [-0.1, -0.05) is 24.3 Å². The van der Waals surface area contributed by atoms with Crippen LogP contribution in [0.25, 0.3) is 10.8 Å². The van der Waals surface area contributed by atoms with E-state index in [0.717, 1.165) is 11.1 Å². The minimum absolute atomic E-state index is 0.859. The van der Waals surface area contributed by atoms with E-state index in [2.05, 4.69) is 34.7 Å². The maximum atomic E-state index is 5.85. The average Bonchev–Trinajstić information content (AvgIpc) is 2.04. The third-order valence-electron chi connectivity index (χ3n) is 1.86. The minimum Gasteiger partial charge on any atom is -0.398 e. The highest BCUT2D eigenvalue weighted by Gasteiger charge is 1.97. The number of nitrogens with two attached hydrogens (primary N) is 1. The lowest BCUT2D eigenvalue weighted by Gasteiger charge is -2.01. The summed E-state index contributed by atoms with van der Waals surface area (Å²) in [6, 6.07) is 12.3. The van der Waals surface area contributed by atoms with Gasteiger partial charge in [0.15, 0.2) is 0 Å². The molecule has 0 saturated carbocycles. The Morgan fingerprint density at radius 3 is 2.67 bits per heavy atom. The lowest BCUT2D eigenvalue weighted by Crippen LogP contribution is -1.87. The summed E-state index contributed by atoms with van der Waals surface area (Å²) in [5.74, 6) is 0. The molecule has 60 valence electrons. The van der Waals surface area contributed by atoms with Crippen LogP contribution in [0.1, 0.15) is 0 Å². The van der Waals surface area contributed by atoms with E-state index in [1.165, 1.54) is 8.96 Å². The van der Waals surface area contributed by atoms with Gasteiger partial charge in [0.05, 0.1) is 0 Å². The molecule has 2 rings (SSSR count). The van der Waals surface area contributed by atoms with Gasteiger partial charge >= 0.3 is 0 Å². The maximum Gasteiger partial charge on any atom is 0.0404 e. The van der Waals surface area contributed by atoms with Crippen LogP contribution in [0.3, 0.4) is 0 Å². The van der Waals surface area contributed by atoms with E-state index in [1.807, 2.05) is 24.3 Å². The van der Waals surface area contributed by atoms with Gasteiger partial charge in [-0.05, 0) is 40.1 Å². The molecule has 12 heavy (non-hydrogen) atoms. The quantitative estimate of drug-likeness (QED) is 0.577. The van der Waals surface area contributed by atoms with Crippen molar-refractivity contribution in [1.29, 1.82) is 0 Å². The predicted molar refractivity (Wildman–Crippen MR) is 61.1 cm³/mol. The zero-order valence-electron chi connectivity index (χ0n) is 6.42. The molecule has 0 radical (unpaired) electrons. The molecular formula is C10H8IN. The summed E-state index contributed by atoms with van der Waals surface area (Å²) in [6.07, 6.45) is 0. The Labute approximate surface area is 84.7 Å². The van der Waals surface area contributed by atoms with Gasteiger partial charge in [-0.15, -0.1) is 0 Å². The van der Waals surface area contributed by atoms with Gasteiger partial charge in [-0.3, -0.25) is 0 Å². The molecule has 0 unspecified atom stereocenters. The fourth-order valence-corrected chi connectivity index (χ4v) is 1.97. The van der Waals surface area contributed by atoms with Gasteiger partial charge < -0.3 is 5.73 Å². The van der Waals surface area contributed by atoms with Crippen molar-refractivity contribution in [3.05, 3.63) is 40.0 Å². The van der Waals surface area contributed by atoms with Gasteiger partial charge in [-0.25, -0.2) is 0 Å². The molecule has 1 nitrogen and oxygen atoms in total. The molecule has 0 aliphatic carbocycles. The summed E-state index contributed by atoms with van der Waals surface area (Å²) < 4.78 is 1.18. The first kappa shape index (κ1) is 7.86. The highest BCUT2D eigenvalue weighted by molar-refractivity contribution is 14.1. The molecule has 0 bridgehead atoms. The highest BCUT2D eigenvalue weighted by atomic mass is 127. The normalized spacial score (nSPS) is 10.4.